The van der Waals surface area contributed by atoms with Gasteiger partial charge in [-0.05, 0) is 37.8 Å². The number of hydrogen-bond donors (Lipinski definition) is 2. The predicted octanol–water partition coefficient (Wildman–Crippen LogP) is 4.23. The molecule has 0 saturated heterocycles. The number of carbonyl (C=O) groups excluding carboxylic acids is 2. The molecule has 2 aliphatic carbocycles. The molecule has 152 valence electrons. The summed E-state index contributed by atoms with van der Waals surface area (Å²) >= 11 is 0. The van der Waals surface area contributed by atoms with Crippen molar-refractivity contribution in [3.63, 3.8) is 0 Å². The second-order valence-corrected chi connectivity index (χ2v) is 7.91. The van der Waals surface area contributed by atoms with Crippen LogP contribution in [0, 0.1) is 5.92 Å². The highest BCUT2D eigenvalue weighted by Crippen LogP contribution is 2.34. The van der Waals surface area contributed by atoms with Gasteiger partial charge in [0, 0.05) is 29.9 Å². The molecule has 1 saturated carbocycles. The molecule has 1 heterocycles. The van der Waals surface area contributed by atoms with Gasteiger partial charge in [-0.15, -0.1) is 0 Å². The van der Waals surface area contributed by atoms with E-state index in [0.29, 0.717) is 11.6 Å². The zero-order valence-electron chi connectivity index (χ0n) is 16.9. The highest BCUT2D eigenvalue weighted by atomic mass is 16.2. The van der Waals surface area contributed by atoms with Crippen molar-refractivity contribution in [1.29, 1.82) is 0 Å². The van der Waals surface area contributed by atoms with Crippen molar-refractivity contribution in [1.82, 2.24) is 10.2 Å². The van der Waals surface area contributed by atoms with Crippen LogP contribution in [0.15, 0.2) is 58.7 Å². The topological polar surface area (TPSA) is 73.8 Å². The molecule has 1 atom stereocenters. The standard InChI is InChI=1S/C23H28N4O2/c1-27-19-15-9-8-14-18(19)20(16-10-4-2-5-11-16)25-21(22(27)28)26-23(29)24-17-12-6-3-7-13-17/h3,6-8,12-14,16,21H,2,4-5,9-11,15H2,1H3,(H2,24,26,29). The van der Waals surface area contributed by atoms with Crippen LogP contribution >= 0.6 is 0 Å². The first-order valence-electron chi connectivity index (χ1n) is 10.5. The van der Waals surface area contributed by atoms with E-state index in [2.05, 4.69) is 22.8 Å². The highest BCUT2D eigenvalue weighted by molar-refractivity contribution is 6.08. The maximum atomic E-state index is 13.1. The minimum atomic E-state index is -0.917. The molecule has 3 aliphatic rings. The van der Waals surface area contributed by atoms with E-state index in [-0.39, 0.29) is 5.91 Å². The summed E-state index contributed by atoms with van der Waals surface area (Å²) in [6.45, 7) is 0. The number of anilines is 1. The molecule has 29 heavy (non-hydrogen) atoms. The number of rotatable bonds is 3. The maximum Gasteiger partial charge on any atom is 0.321 e. The lowest BCUT2D eigenvalue weighted by atomic mass is 9.81. The number of benzene rings is 1. The second kappa shape index (κ2) is 8.64. The number of amides is 3. The lowest BCUT2D eigenvalue weighted by Crippen LogP contribution is -2.47. The van der Waals surface area contributed by atoms with Gasteiger partial charge >= 0.3 is 6.03 Å². The lowest BCUT2D eigenvalue weighted by Gasteiger charge is -2.27. The number of urea groups is 1. The molecular formula is C23H28N4O2. The van der Waals surface area contributed by atoms with E-state index < -0.39 is 12.2 Å². The summed E-state index contributed by atoms with van der Waals surface area (Å²) in [5.41, 5.74) is 3.76. The molecule has 0 spiro atoms. The Labute approximate surface area is 171 Å². The minimum Gasteiger partial charge on any atom is -0.315 e. The molecule has 1 fully saturated rings. The minimum absolute atomic E-state index is 0.193. The molecule has 1 unspecified atom stereocenters. The summed E-state index contributed by atoms with van der Waals surface area (Å²) in [6.07, 6.45) is 10.9. The average molecular weight is 393 g/mol. The van der Waals surface area contributed by atoms with Crippen LogP contribution < -0.4 is 10.6 Å². The molecule has 0 aromatic heterocycles. The van der Waals surface area contributed by atoms with Gasteiger partial charge in [-0.3, -0.25) is 9.79 Å². The van der Waals surface area contributed by atoms with E-state index in [0.717, 1.165) is 42.7 Å². The van der Waals surface area contributed by atoms with Crippen LogP contribution in [0.25, 0.3) is 0 Å². The quantitative estimate of drug-likeness (QED) is 0.808. The van der Waals surface area contributed by atoms with Gasteiger partial charge in [0.2, 0.25) is 6.17 Å². The largest absolute Gasteiger partial charge is 0.321 e. The van der Waals surface area contributed by atoms with Crippen molar-refractivity contribution in [2.45, 2.75) is 51.1 Å². The van der Waals surface area contributed by atoms with E-state index in [1.165, 1.54) is 19.3 Å². The van der Waals surface area contributed by atoms with Gasteiger partial charge in [-0.25, -0.2) is 4.79 Å². The third-order valence-electron chi connectivity index (χ3n) is 5.95. The van der Waals surface area contributed by atoms with Gasteiger partial charge in [-0.2, -0.15) is 0 Å². The molecule has 0 bridgehead atoms. The van der Waals surface area contributed by atoms with Crippen molar-refractivity contribution < 1.29 is 9.59 Å². The van der Waals surface area contributed by atoms with Gasteiger partial charge in [-0.1, -0.05) is 49.6 Å². The zero-order chi connectivity index (χ0) is 20.2. The monoisotopic (exact) mass is 392 g/mol. The fourth-order valence-electron chi connectivity index (χ4n) is 4.42. The Hall–Kier alpha value is -2.89. The van der Waals surface area contributed by atoms with Gasteiger partial charge in [0.25, 0.3) is 5.91 Å². The molecule has 1 aromatic carbocycles. The average Bonchev–Trinajstić information content (AvgIpc) is 2.86. The number of nitrogens with one attached hydrogen (secondary N) is 2. The summed E-state index contributed by atoms with van der Waals surface area (Å²) in [5.74, 6) is 0.152. The van der Waals surface area contributed by atoms with E-state index >= 15 is 0 Å². The van der Waals surface area contributed by atoms with E-state index in [4.69, 9.17) is 4.99 Å². The third-order valence-corrected chi connectivity index (χ3v) is 5.95. The molecule has 6 nitrogen and oxygen atoms in total. The second-order valence-electron chi connectivity index (χ2n) is 7.91. The molecule has 3 amide bonds. The normalized spacial score (nSPS) is 22.7. The van der Waals surface area contributed by atoms with Crippen molar-refractivity contribution in [3.05, 3.63) is 53.8 Å². The number of likely N-dealkylation sites (N-methyl/N-ethyl adjacent to an activating group) is 1. The molecule has 4 rings (SSSR count). The zero-order valence-corrected chi connectivity index (χ0v) is 16.9. The van der Waals surface area contributed by atoms with E-state index in [1.807, 2.05) is 30.3 Å². The first-order chi connectivity index (χ1) is 14.1. The summed E-state index contributed by atoms with van der Waals surface area (Å²) < 4.78 is 0. The van der Waals surface area contributed by atoms with E-state index in [1.54, 1.807) is 11.9 Å². The van der Waals surface area contributed by atoms with Crippen LogP contribution in [0.2, 0.25) is 0 Å². The molecule has 1 aromatic rings. The number of allylic oxidation sites excluding steroid dienone is 4. The smallest absolute Gasteiger partial charge is 0.315 e. The Balaban J connectivity index is 1.62. The summed E-state index contributed by atoms with van der Waals surface area (Å²) in [7, 11) is 1.79. The molecule has 6 heteroatoms. The van der Waals surface area contributed by atoms with Gasteiger partial charge < -0.3 is 15.5 Å². The number of hydrogen-bond acceptors (Lipinski definition) is 3. The Morgan fingerprint density at radius 3 is 2.66 bits per heavy atom. The number of nitrogens with zero attached hydrogens (tertiary/aromatic N) is 2. The maximum absolute atomic E-state index is 13.1. The summed E-state index contributed by atoms with van der Waals surface area (Å²) in [4.78, 5) is 32.2. The van der Waals surface area contributed by atoms with Crippen LogP contribution in [-0.2, 0) is 4.79 Å². The van der Waals surface area contributed by atoms with Crippen molar-refractivity contribution in [3.8, 4) is 0 Å². The fraction of sp³-hybridized carbons (Fsp3) is 0.435. The lowest BCUT2D eigenvalue weighted by molar-refractivity contribution is -0.129. The Morgan fingerprint density at radius 2 is 1.90 bits per heavy atom. The highest BCUT2D eigenvalue weighted by Gasteiger charge is 2.34. The van der Waals surface area contributed by atoms with Crippen molar-refractivity contribution in [2.24, 2.45) is 10.9 Å². The molecule has 0 radical (unpaired) electrons. The Morgan fingerprint density at radius 1 is 1.14 bits per heavy atom. The van der Waals surface area contributed by atoms with Gasteiger partial charge in [0.15, 0.2) is 0 Å². The summed E-state index contributed by atoms with van der Waals surface area (Å²) in [6, 6.07) is 8.78. The fourth-order valence-corrected chi connectivity index (χ4v) is 4.42. The molecule has 2 N–H and O–H groups in total. The summed E-state index contributed by atoms with van der Waals surface area (Å²) in [5, 5.41) is 5.57. The number of para-hydroxylation sites is 1. The SMILES string of the molecule is CN1C(=O)C(NC(=O)Nc2ccccc2)N=C(C2CCCCC2)C2=C1CCC=C2. The van der Waals surface area contributed by atoms with Crippen molar-refractivity contribution >= 4 is 23.3 Å². The first kappa shape index (κ1) is 19.4. The van der Waals surface area contributed by atoms with Gasteiger partial charge in [0.1, 0.15) is 0 Å². The number of aliphatic imine (C=N–C) groups is 1. The molecular weight excluding hydrogens is 364 g/mol. The van der Waals surface area contributed by atoms with Crippen molar-refractivity contribution in [2.75, 3.05) is 12.4 Å². The van der Waals surface area contributed by atoms with Gasteiger partial charge in [0.05, 0.1) is 5.71 Å². The van der Waals surface area contributed by atoms with Crippen LogP contribution in [0.4, 0.5) is 10.5 Å². The van der Waals surface area contributed by atoms with Crippen LogP contribution in [0.5, 0.6) is 0 Å². The van der Waals surface area contributed by atoms with Crippen LogP contribution in [0.3, 0.4) is 0 Å². The van der Waals surface area contributed by atoms with Crippen LogP contribution in [0.1, 0.15) is 44.9 Å². The molecule has 1 aliphatic heterocycles. The third kappa shape index (κ3) is 4.26. The Bertz CT molecular complexity index is 866. The predicted molar refractivity (Wildman–Crippen MR) is 115 cm³/mol. The van der Waals surface area contributed by atoms with Crippen LogP contribution in [-0.4, -0.2) is 35.8 Å². The Kier molecular flexibility index (Phi) is 5.79. The first-order valence-corrected chi connectivity index (χ1v) is 10.5. The number of carbonyl (C=O) groups is 2. The van der Waals surface area contributed by atoms with E-state index in [9.17, 15) is 9.59 Å².